The maximum absolute atomic E-state index is 11.6. The molecule has 0 aliphatic rings. The van der Waals surface area contributed by atoms with Gasteiger partial charge < -0.3 is 19.9 Å². The number of nitrogens with zero attached hydrogens (tertiary/aromatic N) is 1. The number of hydrogen-bond acceptors (Lipinski definition) is 5. The summed E-state index contributed by atoms with van der Waals surface area (Å²) in [6.07, 6.45) is 0. The minimum atomic E-state index is -0.242. The zero-order valence-corrected chi connectivity index (χ0v) is 11.5. The van der Waals surface area contributed by atoms with Crippen LogP contribution in [0.5, 0.6) is 5.75 Å². The van der Waals surface area contributed by atoms with Crippen LogP contribution < -0.4 is 10.1 Å². The maximum atomic E-state index is 11.6. The molecule has 106 valence electrons. The third-order valence-corrected chi connectivity index (χ3v) is 2.40. The molecule has 1 aromatic heterocycles. The minimum Gasteiger partial charge on any atom is -0.482 e. The summed E-state index contributed by atoms with van der Waals surface area (Å²) in [5.41, 5.74) is 1.22. The lowest BCUT2D eigenvalue weighted by atomic mass is 10.3. The predicted octanol–water partition coefficient (Wildman–Crippen LogP) is 0.412. The molecule has 19 heavy (non-hydrogen) atoms. The third kappa shape index (κ3) is 5.23. The van der Waals surface area contributed by atoms with E-state index in [2.05, 4.69) is 10.3 Å². The Balaban J connectivity index is 2.50. The second kappa shape index (κ2) is 7.70. The van der Waals surface area contributed by atoms with Crippen LogP contribution in [0.15, 0.2) is 12.1 Å². The van der Waals surface area contributed by atoms with Crippen molar-refractivity contribution in [3.63, 3.8) is 0 Å². The number of amides is 1. The first-order valence-corrected chi connectivity index (χ1v) is 6.05. The van der Waals surface area contributed by atoms with E-state index >= 15 is 0 Å². The van der Waals surface area contributed by atoms with Crippen LogP contribution >= 0.6 is 0 Å². The van der Waals surface area contributed by atoms with Gasteiger partial charge in [-0.3, -0.25) is 9.78 Å². The van der Waals surface area contributed by atoms with E-state index in [0.29, 0.717) is 18.1 Å². The third-order valence-electron chi connectivity index (χ3n) is 2.40. The maximum Gasteiger partial charge on any atom is 0.258 e. The lowest BCUT2D eigenvalue weighted by Gasteiger charge is -2.14. The van der Waals surface area contributed by atoms with Crippen LogP contribution in [0.4, 0.5) is 0 Å². The topological polar surface area (TPSA) is 80.7 Å². The van der Waals surface area contributed by atoms with Crippen molar-refractivity contribution in [3.05, 3.63) is 23.5 Å². The highest BCUT2D eigenvalue weighted by atomic mass is 16.5. The van der Waals surface area contributed by atoms with Crippen molar-refractivity contribution in [2.45, 2.75) is 26.5 Å². The zero-order chi connectivity index (χ0) is 14.3. The van der Waals surface area contributed by atoms with Gasteiger partial charge in [-0.15, -0.1) is 0 Å². The van der Waals surface area contributed by atoms with E-state index in [1.807, 2.05) is 13.8 Å². The average Bonchev–Trinajstić information content (AvgIpc) is 2.37. The van der Waals surface area contributed by atoms with Gasteiger partial charge in [-0.05, 0) is 26.0 Å². The summed E-state index contributed by atoms with van der Waals surface area (Å²) in [4.78, 5) is 15.7. The molecule has 6 nitrogen and oxygen atoms in total. The van der Waals surface area contributed by atoms with Gasteiger partial charge >= 0.3 is 0 Å². The lowest BCUT2D eigenvalue weighted by Crippen LogP contribution is -2.38. The Kier molecular flexibility index (Phi) is 6.24. The van der Waals surface area contributed by atoms with Crippen molar-refractivity contribution in [3.8, 4) is 5.75 Å². The molecule has 0 radical (unpaired) electrons. The number of pyridine rings is 1. The molecule has 0 spiro atoms. The Labute approximate surface area is 112 Å². The molecule has 2 N–H and O–H groups in total. The van der Waals surface area contributed by atoms with Crippen molar-refractivity contribution in [1.29, 1.82) is 0 Å². The van der Waals surface area contributed by atoms with Crippen molar-refractivity contribution in [2.24, 2.45) is 0 Å². The highest BCUT2D eigenvalue weighted by molar-refractivity contribution is 5.77. The molecule has 1 atom stereocenters. The molecule has 0 bridgehead atoms. The van der Waals surface area contributed by atoms with Crippen LogP contribution in [0.25, 0.3) is 0 Å². The number of aromatic nitrogens is 1. The van der Waals surface area contributed by atoms with E-state index in [1.54, 1.807) is 19.2 Å². The molecule has 0 saturated heterocycles. The van der Waals surface area contributed by atoms with Gasteiger partial charge in [0.2, 0.25) is 0 Å². The molecule has 0 aromatic carbocycles. The molecule has 0 aliphatic carbocycles. The van der Waals surface area contributed by atoms with Gasteiger partial charge in [0, 0.05) is 18.8 Å². The summed E-state index contributed by atoms with van der Waals surface area (Å²) in [6, 6.07) is 3.38. The smallest absolute Gasteiger partial charge is 0.258 e. The Morgan fingerprint density at radius 2 is 2.26 bits per heavy atom. The fourth-order valence-corrected chi connectivity index (χ4v) is 1.59. The second-order valence-corrected chi connectivity index (χ2v) is 4.27. The largest absolute Gasteiger partial charge is 0.482 e. The fraction of sp³-hybridized carbons (Fsp3) is 0.538. The van der Waals surface area contributed by atoms with E-state index in [0.717, 1.165) is 5.69 Å². The van der Waals surface area contributed by atoms with Gasteiger partial charge in [0.1, 0.15) is 11.4 Å². The van der Waals surface area contributed by atoms with E-state index in [4.69, 9.17) is 14.6 Å². The van der Waals surface area contributed by atoms with Crippen LogP contribution in [0, 0.1) is 6.92 Å². The first-order valence-electron chi connectivity index (χ1n) is 6.05. The number of carbonyl (C=O) groups is 1. The van der Waals surface area contributed by atoms with Crippen LogP contribution in [-0.4, -0.2) is 42.4 Å². The molecule has 0 aliphatic heterocycles. The molecule has 6 heteroatoms. The lowest BCUT2D eigenvalue weighted by molar-refractivity contribution is -0.124. The number of hydrogen-bond donors (Lipinski definition) is 2. The molecule has 0 saturated carbocycles. The highest BCUT2D eigenvalue weighted by Crippen LogP contribution is 2.16. The van der Waals surface area contributed by atoms with E-state index in [1.165, 1.54) is 0 Å². The van der Waals surface area contributed by atoms with E-state index < -0.39 is 0 Å². The molecule has 1 aromatic rings. The Morgan fingerprint density at radius 1 is 1.53 bits per heavy atom. The number of carbonyl (C=O) groups excluding carboxylic acids is 1. The number of methoxy groups -OCH3 is 1. The van der Waals surface area contributed by atoms with Crippen LogP contribution in [-0.2, 0) is 16.1 Å². The fourth-order valence-electron chi connectivity index (χ4n) is 1.59. The normalized spacial score (nSPS) is 12.0. The summed E-state index contributed by atoms with van der Waals surface area (Å²) in [5, 5.41) is 11.9. The number of aliphatic hydroxyl groups excluding tert-OH is 1. The number of nitrogens with one attached hydrogen (secondary N) is 1. The quantitative estimate of drug-likeness (QED) is 0.748. The number of rotatable bonds is 7. The van der Waals surface area contributed by atoms with Gasteiger partial charge in [0.25, 0.3) is 5.91 Å². The Hall–Kier alpha value is -1.66. The first-order chi connectivity index (χ1) is 9.06. The SMILES string of the molecule is COCC(C)NC(=O)COc1ccc(C)nc1CO. The first kappa shape index (κ1) is 15.4. The summed E-state index contributed by atoms with van der Waals surface area (Å²) in [5.74, 6) is 0.177. The Morgan fingerprint density at radius 3 is 2.89 bits per heavy atom. The molecular weight excluding hydrogens is 248 g/mol. The minimum absolute atomic E-state index is 0.0745. The van der Waals surface area contributed by atoms with E-state index in [9.17, 15) is 4.79 Å². The number of aryl methyl sites for hydroxylation is 1. The standard InChI is InChI=1S/C13H20N2O4/c1-9-4-5-12(11(6-16)14-9)19-8-13(17)15-10(2)7-18-3/h4-5,10,16H,6-8H2,1-3H3,(H,15,17). The van der Waals surface area contributed by atoms with Gasteiger partial charge in [-0.25, -0.2) is 0 Å². The summed E-state index contributed by atoms with van der Waals surface area (Å²) < 4.78 is 10.3. The van der Waals surface area contributed by atoms with Gasteiger partial charge in [-0.1, -0.05) is 0 Å². The predicted molar refractivity (Wildman–Crippen MR) is 69.9 cm³/mol. The monoisotopic (exact) mass is 268 g/mol. The molecule has 1 amide bonds. The Bertz CT molecular complexity index is 423. The molecule has 1 heterocycles. The second-order valence-electron chi connectivity index (χ2n) is 4.27. The van der Waals surface area contributed by atoms with Gasteiger partial charge in [-0.2, -0.15) is 0 Å². The molecule has 0 fully saturated rings. The summed E-state index contributed by atoms with van der Waals surface area (Å²) in [7, 11) is 1.57. The van der Waals surface area contributed by atoms with Crippen molar-refractivity contribution in [1.82, 2.24) is 10.3 Å². The molecule has 1 rings (SSSR count). The number of aliphatic hydroxyl groups is 1. The van der Waals surface area contributed by atoms with Crippen molar-refractivity contribution in [2.75, 3.05) is 20.3 Å². The van der Waals surface area contributed by atoms with E-state index in [-0.39, 0.29) is 25.2 Å². The van der Waals surface area contributed by atoms with Crippen LogP contribution in [0.2, 0.25) is 0 Å². The van der Waals surface area contributed by atoms with Crippen molar-refractivity contribution >= 4 is 5.91 Å². The zero-order valence-electron chi connectivity index (χ0n) is 11.5. The van der Waals surface area contributed by atoms with Crippen LogP contribution in [0.3, 0.4) is 0 Å². The highest BCUT2D eigenvalue weighted by Gasteiger charge is 2.10. The average molecular weight is 268 g/mol. The van der Waals surface area contributed by atoms with Crippen molar-refractivity contribution < 1.29 is 19.4 Å². The molecule has 1 unspecified atom stereocenters. The van der Waals surface area contributed by atoms with Gasteiger partial charge in [0.15, 0.2) is 6.61 Å². The summed E-state index contributed by atoms with van der Waals surface area (Å²) >= 11 is 0. The van der Waals surface area contributed by atoms with Crippen LogP contribution in [0.1, 0.15) is 18.3 Å². The molecular formula is C13H20N2O4. The number of ether oxygens (including phenoxy) is 2. The van der Waals surface area contributed by atoms with Gasteiger partial charge in [0.05, 0.1) is 13.2 Å². The summed E-state index contributed by atoms with van der Waals surface area (Å²) in [6.45, 7) is 3.76.